The molecule has 0 N–H and O–H groups in total. The molecule has 1 aromatic rings. The van der Waals surface area contributed by atoms with E-state index in [1.165, 1.54) is 50.5 Å². The van der Waals surface area contributed by atoms with Gasteiger partial charge < -0.3 is 4.74 Å². The summed E-state index contributed by atoms with van der Waals surface area (Å²) in [7, 11) is 2.15. The predicted octanol–water partition coefficient (Wildman–Crippen LogP) is 5.79. The van der Waals surface area contributed by atoms with Gasteiger partial charge >= 0.3 is 0 Å². The lowest BCUT2D eigenvalue weighted by Gasteiger charge is -2.27. The summed E-state index contributed by atoms with van der Waals surface area (Å²) in [5.41, 5.74) is 1.28. The van der Waals surface area contributed by atoms with E-state index in [-0.39, 0.29) is 6.23 Å². The lowest BCUT2D eigenvalue weighted by atomic mass is 10.1. The second-order valence-corrected chi connectivity index (χ2v) is 6.37. The van der Waals surface area contributed by atoms with Crippen LogP contribution < -0.4 is 4.74 Å². The molecule has 0 fully saturated rings. The van der Waals surface area contributed by atoms with Gasteiger partial charge in [-0.3, -0.25) is 4.90 Å². The molecule has 0 saturated carbocycles. The van der Waals surface area contributed by atoms with E-state index in [0.717, 1.165) is 18.7 Å². The lowest BCUT2D eigenvalue weighted by Crippen LogP contribution is -2.36. The van der Waals surface area contributed by atoms with Crippen LogP contribution in [0.15, 0.2) is 24.3 Å². The molecule has 2 nitrogen and oxygen atoms in total. The predicted molar refractivity (Wildman–Crippen MR) is 96.5 cm³/mol. The second-order valence-electron chi connectivity index (χ2n) is 6.37. The minimum atomic E-state index is 0.198. The zero-order valence-corrected chi connectivity index (χ0v) is 15.1. The summed E-state index contributed by atoms with van der Waals surface area (Å²) in [6.45, 7) is 7.59. The standard InChI is InChI=1S/C20H35NO/c1-5-7-8-9-10-11-12-13-20(21(4)6-2)22-19-16-14-18(3)15-17-19/h14-17,20H,5-13H2,1-4H3. The van der Waals surface area contributed by atoms with Crippen LogP contribution in [0.3, 0.4) is 0 Å². The van der Waals surface area contributed by atoms with Crippen molar-refractivity contribution >= 4 is 0 Å². The Morgan fingerprint density at radius 2 is 1.50 bits per heavy atom. The number of aryl methyl sites for hydroxylation is 1. The van der Waals surface area contributed by atoms with Crippen LogP contribution in [0.25, 0.3) is 0 Å². The highest BCUT2D eigenvalue weighted by Crippen LogP contribution is 2.18. The van der Waals surface area contributed by atoms with Gasteiger partial charge in [0, 0.05) is 0 Å². The maximum Gasteiger partial charge on any atom is 0.152 e. The minimum Gasteiger partial charge on any atom is -0.475 e. The van der Waals surface area contributed by atoms with Gasteiger partial charge in [0.1, 0.15) is 5.75 Å². The molecule has 0 bridgehead atoms. The summed E-state index contributed by atoms with van der Waals surface area (Å²) in [5, 5.41) is 0. The van der Waals surface area contributed by atoms with Crippen molar-refractivity contribution in [1.29, 1.82) is 0 Å². The fraction of sp³-hybridized carbons (Fsp3) is 0.700. The summed E-state index contributed by atoms with van der Waals surface area (Å²) in [4.78, 5) is 2.30. The van der Waals surface area contributed by atoms with Crippen molar-refractivity contribution in [3.05, 3.63) is 29.8 Å². The summed E-state index contributed by atoms with van der Waals surface area (Å²) in [6.07, 6.45) is 10.8. The average Bonchev–Trinajstić information content (AvgIpc) is 2.54. The van der Waals surface area contributed by atoms with Gasteiger partial charge in [-0.05, 0) is 45.5 Å². The molecule has 1 aromatic carbocycles. The highest BCUT2D eigenvalue weighted by atomic mass is 16.5. The monoisotopic (exact) mass is 305 g/mol. The zero-order valence-electron chi connectivity index (χ0n) is 15.1. The molecule has 0 radical (unpaired) electrons. The van der Waals surface area contributed by atoms with Crippen molar-refractivity contribution in [1.82, 2.24) is 4.90 Å². The molecule has 0 aliphatic heterocycles. The summed E-state index contributed by atoms with van der Waals surface area (Å²) in [6, 6.07) is 8.39. The van der Waals surface area contributed by atoms with Crippen LogP contribution in [0.1, 0.15) is 70.8 Å². The first-order valence-corrected chi connectivity index (χ1v) is 9.11. The van der Waals surface area contributed by atoms with Crippen LogP contribution in [0.5, 0.6) is 5.75 Å². The van der Waals surface area contributed by atoms with Gasteiger partial charge in [-0.2, -0.15) is 0 Å². The molecule has 0 aromatic heterocycles. The van der Waals surface area contributed by atoms with Crippen molar-refractivity contribution in [2.75, 3.05) is 13.6 Å². The third-order valence-electron chi connectivity index (χ3n) is 4.34. The first-order chi connectivity index (χ1) is 10.7. The molecule has 1 atom stereocenters. The average molecular weight is 306 g/mol. The Balaban J connectivity index is 2.33. The molecule has 126 valence electrons. The van der Waals surface area contributed by atoms with Crippen molar-refractivity contribution in [2.45, 2.75) is 78.4 Å². The molecule has 0 amide bonds. The van der Waals surface area contributed by atoms with E-state index in [9.17, 15) is 0 Å². The van der Waals surface area contributed by atoms with Gasteiger partial charge in [-0.15, -0.1) is 0 Å². The molecular formula is C20H35NO. The first-order valence-electron chi connectivity index (χ1n) is 9.11. The summed E-state index contributed by atoms with van der Waals surface area (Å²) < 4.78 is 6.19. The number of hydrogen-bond acceptors (Lipinski definition) is 2. The van der Waals surface area contributed by atoms with E-state index in [4.69, 9.17) is 4.74 Å². The molecule has 0 aliphatic rings. The highest BCUT2D eigenvalue weighted by molar-refractivity contribution is 5.26. The molecule has 2 heteroatoms. The van der Waals surface area contributed by atoms with Crippen LogP contribution in [-0.4, -0.2) is 24.7 Å². The number of ether oxygens (including phenoxy) is 1. The normalized spacial score (nSPS) is 12.6. The SMILES string of the molecule is CCCCCCCCCC(Oc1ccc(C)cc1)N(C)CC. The third kappa shape index (κ3) is 7.84. The topological polar surface area (TPSA) is 12.5 Å². The van der Waals surface area contributed by atoms with Crippen molar-refractivity contribution in [3.8, 4) is 5.75 Å². The third-order valence-corrected chi connectivity index (χ3v) is 4.34. The van der Waals surface area contributed by atoms with Crippen LogP contribution in [0, 0.1) is 6.92 Å². The molecule has 0 heterocycles. The molecular weight excluding hydrogens is 270 g/mol. The van der Waals surface area contributed by atoms with E-state index in [1.807, 2.05) is 0 Å². The van der Waals surface area contributed by atoms with Gasteiger partial charge in [0.25, 0.3) is 0 Å². The van der Waals surface area contributed by atoms with Crippen molar-refractivity contribution in [2.24, 2.45) is 0 Å². The maximum atomic E-state index is 6.19. The number of nitrogens with zero attached hydrogens (tertiary/aromatic N) is 1. The highest BCUT2D eigenvalue weighted by Gasteiger charge is 2.14. The largest absolute Gasteiger partial charge is 0.475 e. The second kappa shape index (κ2) is 11.5. The quantitative estimate of drug-likeness (QED) is 0.358. The fourth-order valence-electron chi connectivity index (χ4n) is 2.62. The van der Waals surface area contributed by atoms with Crippen molar-refractivity contribution < 1.29 is 4.74 Å². The summed E-state index contributed by atoms with van der Waals surface area (Å²) in [5.74, 6) is 0.985. The molecule has 22 heavy (non-hydrogen) atoms. The minimum absolute atomic E-state index is 0.198. The fourth-order valence-corrected chi connectivity index (χ4v) is 2.62. The van der Waals surface area contributed by atoms with Crippen LogP contribution in [0.2, 0.25) is 0 Å². The Bertz CT molecular complexity index is 374. The summed E-state index contributed by atoms with van der Waals surface area (Å²) >= 11 is 0. The van der Waals surface area contributed by atoms with Gasteiger partial charge in [0.2, 0.25) is 0 Å². The van der Waals surface area contributed by atoms with Crippen molar-refractivity contribution in [3.63, 3.8) is 0 Å². The van der Waals surface area contributed by atoms with E-state index < -0.39 is 0 Å². The van der Waals surface area contributed by atoms with E-state index in [2.05, 4.69) is 57.0 Å². The Labute approximate surface area is 137 Å². The van der Waals surface area contributed by atoms with E-state index in [1.54, 1.807) is 0 Å². The Morgan fingerprint density at radius 3 is 2.09 bits per heavy atom. The smallest absolute Gasteiger partial charge is 0.152 e. The molecule has 1 rings (SSSR count). The first kappa shape index (κ1) is 19.0. The Hall–Kier alpha value is -1.02. The van der Waals surface area contributed by atoms with E-state index >= 15 is 0 Å². The number of benzene rings is 1. The molecule has 0 spiro atoms. The molecule has 1 unspecified atom stereocenters. The van der Waals surface area contributed by atoms with Gasteiger partial charge in [-0.1, -0.05) is 70.1 Å². The van der Waals surface area contributed by atoms with E-state index in [0.29, 0.717) is 0 Å². The van der Waals surface area contributed by atoms with Crippen LogP contribution >= 0.6 is 0 Å². The van der Waals surface area contributed by atoms with Gasteiger partial charge in [0.15, 0.2) is 6.23 Å². The number of rotatable bonds is 12. The van der Waals surface area contributed by atoms with Gasteiger partial charge in [0.05, 0.1) is 0 Å². The Morgan fingerprint density at radius 1 is 0.909 bits per heavy atom. The lowest BCUT2D eigenvalue weighted by molar-refractivity contribution is 0.0395. The molecule has 0 aliphatic carbocycles. The number of unbranched alkanes of at least 4 members (excludes halogenated alkanes) is 6. The van der Waals surface area contributed by atoms with Crippen LogP contribution in [-0.2, 0) is 0 Å². The maximum absolute atomic E-state index is 6.19. The van der Waals surface area contributed by atoms with Gasteiger partial charge in [-0.25, -0.2) is 0 Å². The number of hydrogen-bond donors (Lipinski definition) is 0. The molecule has 0 saturated heterocycles. The van der Waals surface area contributed by atoms with Crippen LogP contribution in [0.4, 0.5) is 0 Å². The Kier molecular flexibility index (Phi) is 9.98. The zero-order chi connectivity index (χ0) is 16.2.